The number of nitrogens with zero attached hydrogens (tertiary/aromatic N) is 3. The van der Waals surface area contributed by atoms with Gasteiger partial charge in [0.05, 0.1) is 5.56 Å². The molecule has 0 bridgehead atoms. The molecule has 1 fully saturated rings. The smallest absolute Gasteiger partial charge is 0.316 e. The highest BCUT2D eigenvalue weighted by molar-refractivity contribution is 7.09. The monoisotopic (exact) mass is 409 g/mol. The normalized spacial score (nSPS) is 13.0. The number of hydrogen-bond donors (Lipinski definition) is 2. The second-order valence-electron chi connectivity index (χ2n) is 6.70. The lowest BCUT2D eigenvalue weighted by atomic mass is 10.1. The molecule has 0 saturated heterocycles. The molecule has 1 aliphatic carbocycles. The van der Waals surface area contributed by atoms with E-state index >= 15 is 0 Å². The minimum atomic E-state index is -0.362. The lowest BCUT2D eigenvalue weighted by Gasteiger charge is -2.11. The fraction of sp³-hybridized carbons (Fsp3) is 0.250. The molecule has 2 heterocycles. The molecule has 3 aromatic rings. The van der Waals surface area contributed by atoms with Crippen molar-refractivity contribution in [3.63, 3.8) is 0 Å². The van der Waals surface area contributed by atoms with Gasteiger partial charge in [0.15, 0.2) is 0 Å². The fourth-order valence-electron chi connectivity index (χ4n) is 2.55. The van der Waals surface area contributed by atoms with Gasteiger partial charge in [0.25, 0.3) is 11.8 Å². The van der Waals surface area contributed by atoms with Crippen LogP contribution in [0.15, 0.2) is 42.2 Å². The van der Waals surface area contributed by atoms with Gasteiger partial charge in [0.2, 0.25) is 0 Å². The fourth-order valence-corrected chi connectivity index (χ4v) is 3.07. The third-order valence-corrected chi connectivity index (χ3v) is 5.11. The van der Waals surface area contributed by atoms with Crippen molar-refractivity contribution in [1.29, 1.82) is 0 Å². The maximum absolute atomic E-state index is 12.6. The summed E-state index contributed by atoms with van der Waals surface area (Å²) in [5.74, 6) is -0.493. The summed E-state index contributed by atoms with van der Waals surface area (Å²) in [7, 11) is 0. The number of amides is 2. The Hall–Kier alpha value is -3.33. The zero-order valence-electron chi connectivity index (χ0n) is 15.7. The van der Waals surface area contributed by atoms with E-state index in [-0.39, 0.29) is 30.5 Å². The van der Waals surface area contributed by atoms with E-state index in [1.807, 2.05) is 18.4 Å². The molecule has 2 N–H and O–H groups in total. The van der Waals surface area contributed by atoms with Crippen LogP contribution in [0.5, 0.6) is 6.01 Å². The van der Waals surface area contributed by atoms with E-state index in [0.717, 1.165) is 23.4 Å². The summed E-state index contributed by atoms with van der Waals surface area (Å²) in [4.78, 5) is 37.0. The van der Waals surface area contributed by atoms with E-state index in [0.29, 0.717) is 16.8 Å². The molecule has 148 valence electrons. The van der Waals surface area contributed by atoms with E-state index in [2.05, 4.69) is 25.6 Å². The van der Waals surface area contributed by atoms with E-state index in [4.69, 9.17) is 4.74 Å². The van der Waals surface area contributed by atoms with Gasteiger partial charge in [-0.3, -0.25) is 9.59 Å². The van der Waals surface area contributed by atoms with Crippen LogP contribution in [0.25, 0.3) is 0 Å². The van der Waals surface area contributed by atoms with E-state index < -0.39 is 0 Å². The van der Waals surface area contributed by atoms with Crippen LogP contribution < -0.4 is 15.4 Å². The molecule has 2 amide bonds. The molecular weight excluding hydrogens is 390 g/mol. The minimum absolute atomic E-state index is 0.131. The first kappa shape index (κ1) is 19.0. The maximum atomic E-state index is 12.6. The second kappa shape index (κ2) is 8.36. The summed E-state index contributed by atoms with van der Waals surface area (Å²) in [6.45, 7) is 2.14. The quantitative estimate of drug-likeness (QED) is 0.621. The molecule has 0 aliphatic heterocycles. The number of thiazole rings is 1. The molecule has 1 saturated carbocycles. The molecule has 0 atom stereocenters. The Labute approximate surface area is 171 Å². The van der Waals surface area contributed by atoms with Gasteiger partial charge in [0.1, 0.15) is 11.6 Å². The van der Waals surface area contributed by atoms with Crippen LogP contribution in [-0.4, -0.2) is 32.8 Å². The van der Waals surface area contributed by atoms with Crippen LogP contribution in [0.1, 0.15) is 44.1 Å². The minimum Gasteiger partial charge on any atom is -0.456 e. The first-order valence-corrected chi connectivity index (χ1v) is 10.0. The number of benzene rings is 1. The van der Waals surface area contributed by atoms with Crippen molar-refractivity contribution < 1.29 is 14.3 Å². The number of rotatable bonds is 7. The summed E-state index contributed by atoms with van der Waals surface area (Å²) in [6.07, 6.45) is 6.54. The van der Waals surface area contributed by atoms with Crippen molar-refractivity contribution in [3.8, 4) is 6.01 Å². The number of ether oxygens (including phenoxy) is 1. The van der Waals surface area contributed by atoms with Crippen LogP contribution in [0, 0.1) is 6.92 Å². The van der Waals surface area contributed by atoms with Crippen molar-refractivity contribution >= 4 is 28.8 Å². The Morgan fingerprint density at radius 1 is 1.14 bits per heavy atom. The molecule has 0 unspecified atom stereocenters. The van der Waals surface area contributed by atoms with Crippen molar-refractivity contribution in [2.24, 2.45) is 0 Å². The third-order valence-electron chi connectivity index (χ3n) is 4.36. The molecular formula is C20H19N5O3S. The summed E-state index contributed by atoms with van der Waals surface area (Å²) < 4.78 is 5.45. The highest BCUT2D eigenvalue weighted by Gasteiger charge is 2.24. The standard InChI is InChI=1S/C20H19N5O3S/c1-12-2-3-13(18(26)24-15-4-5-15)8-16(12)25-19(27)14-9-22-20(23-10-14)28-11-17-21-6-7-29-17/h2-3,6-10,15H,4-5,11H2,1H3,(H,24,26)(H,25,27). The number of carbonyl (C=O) groups is 2. The Kier molecular flexibility index (Phi) is 5.48. The summed E-state index contributed by atoms with van der Waals surface area (Å²) in [6, 6.07) is 5.68. The van der Waals surface area contributed by atoms with Crippen molar-refractivity contribution in [2.45, 2.75) is 32.4 Å². The van der Waals surface area contributed by atoms with Crippen molar-refractivity contribution in [2.75, 3.05) is 5.32 Å². The molecule has 1 aromatic carbocycles. The van der Waals surface area contributed by atoms with Gasteiger partial charge in [-0.25, -0.2) is 15.0 Å². The number of anilines is 1. The molecule has 9 heteroatoms. The Morgan fingerprint density at radius 3 is 2.62 bits per heavy atom. The number of aromatic nitrogens is 3. The highest BCUT2D eigenvalue weighted by atomic mass is 32.1. The largest absolute Gasteiger partial charge is 0.456 e. The maximum Gasteiger partial charge on any atom is 0.316 e. The molecule has 8 nitrogen and oxygen atoms in total. The Balaban J connectivity index is 1.39. The highest BCUT2D eigenvalue weighted by Crippen LogP contribution is 2.22. The first-order chi connectivity index (χ1) is 14.1. The van der Waals surface area contributed by atoms with Gasteiger partial charge >= 0.3 is 6.01 Å². The number of aryl methyl sites for hydroxylation is 1. The average Bonchev–Trinajstić information content (AvgIpc) is 3.38. The zero-order valence-corrected chi connectivity index (χ0v) is 16.5. The zero-order chi connectivity index (χ0) is 20.2. The third kappa shape index (κ3) is 4.94. The van der Waals surface area contributed by atoms with Gasteiger partial charge in [0, 0.05) is 41.3 Å². The lowest BCUT2D eigenvalue weighted by molar-refractivity contribution is 0.0949. The predicted octanol–water partition coefficient (Wildman–Crippen LogP) is 2.97. The average molecular weight is 409 g/mol. The van der Waals surface area contributed by atoms with Gasteiger partial charge in [-0.15, -0.1) is 11.3 Å². The van der Waals surface area contributed by atoms with E-state index in [1.165, 1.54) is 23.7 Å². The van der Waals surface area contributed by atoms with Crippen molar-refractivity contribution in [1.82, 2.24) is 20.3 Å². The van der Waals surface area contributed by atoms with Crippen LogP contribution in [0.3, 0.4) is 0 Å². The molecule has 0 spiro atoms. The van der Waals surface area contributed by atoms with Gasteiger partial charge in [-0.1, -0.05) is 6.07 Å². The Bertz CT molecular complexity index is 1020. The van der Waals surface area contributed by atoms with E-state index in [1.54, 1.807) is 18.3 Å². The van der Waals surface area contributed by atoms with Gasteiger partial charge in [-0.05, 0) is 37.5 Å². The molecule has 29 heavy (non-hydrogen) atoms. The second-order valence-corrected chi connectivity index (χ2v) is 7.68. The number of nitrogens with one attached hydrogen (secondary N) is 2. The lowest BCUT2D eigenvalue weighted by Crippen LogP contribution is -2.25. The number of carbonyl (C=O) groups excluding carboxylic acids is 2. The number of hydrogen-bond acceptors (Lipinski definition) is 7. The van der Waals surface area contributed by atoms with E-state index in [9.17, 15) is 9.59 Å². The summed E-state index contributed by atoms with van der Waals surface area (Å²) in [5, 5.41) is 8.43. The topological polar surface area (TPSA) is 106 Å². The summed E-state index contributed by atoms with van der Waals surface area (Å²) in [5.41, 5.74) is 2.23. The Morgan fingerprint density at radius 2 is 1.93 bits per heavy atom. The SMILES string of the molecule is Cc1ccc(C(=O)NC2CC2)cc1NC(=O)c1cnc(OCc2nccs2)nc1. The van der Waals surface area contributed by atoms with Gasteiger partial charge in [-0.2, -0.15) is 0 Å². The van der Waals surface area contributed by atoms with Crippen LogP contribution in [0.4, 0.5) is 5.69 Å². The molecule has 2 aromatic heterocycles. The van der Waals surface area contributed by atoms with Gasteiger partial charge < -0.3 is 15.4 Å². The molecule has 1 aliphatic rings. The van der Waals surface area contributed by atoms with Crippen LogP contribution in [-0.2, 0) is 6.61 Å². The van der Waals surface area contributed by atoms with Crippen molar-refractivity contribution in [3.05, 3.63) is 63.9 Å². The predicted molar refractivity (Wildman–Crippen MR) is 108 cm³/mol. The molecule has 0 radical (unpaired) electrons. The molecule has 4 rings (SSSR count). The van der Waals surface area contributed by atoms with Crippen LogP contribution in [0.2, 0.25) is 0 Å². The first-order valence-electron chi connectivity index (χ1n) is 9.14. The summed E-state index contributed by atoms with van der Waals surface area (Å²) >= 11 is 1.48. The van der Waals surface area contributed by atoms with Crippen LogP contribution >= 0.6 is 11.3 Å².